The van der Waals surface area contributed by atoms with Crippen LogP contribution < -0.4 is 10.0 Å². The Morgan fingerprint density at radius 2 is 2.00 bits per heavy atom. The molecule has 1 atom stereocenters. The van der Waals surface area contributed by atoms with Gasteiger partial charge in [0.1, 0.15) is 5.69 Å². The predicted molar refractivity (Wildman–Crippen MR) is 105 cm³/mol. The van der Waals surface area contributed by atoms with E-state index in [0.717, 1.165) is 49.7 Å². The Balaban J connectivity index is 1.52. The monoisotopic (exact) mass is 402 g/mol. The standard InChI is InChI=1S/C20H26N4O3S/c1-2-24-12-11-19(22-24)20(25)21-18-10-8-14-7-9-16(13-17(14)18)28(26,27)23-15-5-3-4-6-15/h7,9,11-13,15,18,23H,2-6,8,10H2,1H3,(H,21,25). The minimum absolute atomic E-state index is 0.0300. The largest absolute Gasteiger partial charge is 0.344 e. The van der Waals surface area contributed by atoms with Crippen molar-refractivity contribution in [2.24, 2.45) is 0 Å². The number of nitrogens with zero attached hydrogens (tertiary/aromatic N) is 2. The first-order valence-corrected chi connectivity index (χ1v) is 11.4. The SMILES string of the molecule is CCn1ccc(C(=O)NC2CCc3ccc(S(=O)(=O)NC4CCCC4)cc32)n1. The number of hydrogen-bond donors (Lipinski definition) is 2. The molecule has 0 aliphatic heterocycles. The molecule has 28 heavy (non-hydrogen) atoms. The van der Waals surface area contributed by atoms with Crippen LogP contribution in [0.15, 0.2) is 35.4 Å². The summed E-state index contributed by atoms with van der Waals surface area (Å²) in [6, 6.07) is 6.79. The van der Waals surface area contributed by atoms with Crippen LogP contribution >= 0.6 is 0 Å². The maximum Gasteiger partial charge on any atom is 0.272 e. The zero-order valence-electron chi connectivity index (χ0n) is 16.0. The lowest BCUT2D eigenvalue weighted by Gasteiger charge is -2.16. The van der Waals surface area contributed by atoms with Crippen LogP contribution in [0.4, 0.5) is 0 Å². The van der Waals surface area contributed by atoms with E-state index in [1.807, 2.05) is 13.0 Å². The van der Waals surface area contributed by atoms with E-state index in [9.17, 15) is 13.2 Å². The van der Waals surface area contributed by atoms with Crippen molar-refractivity contribution in [2.45, 2.75) is 69.0 Å². The summed E-state index contributed by atoms with van der Waals surface area (Å²) >= 11 is 0. The van der Waals surface area contributed by atoms with E-state index in [1.165, 1.54) is 0 Å². The van der Waals surface area contributed by atoms with Crippen LogP contribution in [0.25, 0.3) is 0 Å². The summed E-state index contributed by atoms with van der Waals surface area (Å²) in [7, 11) is -3.55. The Kier molecular flexibility index (Phi) is 5.25. The fourth-order valence-corrected chi connectivity index (χ4v) is 5.46. The van der Waals surface area contributed by atoms with Crippen LogP contribution in [-0.2, 0) is 23.0 Å². The van der Waals surface area contributed by atoms with Gasteiger partial charge in [-0.2, -0.15) is 5.10 Å². The van der Waals surface area contributed by atoms with Crippen molar-refractivity contribution in [1.82, 2.24) is 19.8 Å². The lowest BCUT2D eigenvalue weighted by molar-refractivity contribution is 0.0931. The van der Waals surface area contributed by atoms with E-state index < -0.39 is 10.0 Å². The van der Waals surface area contributed by atoms with Gasteiger partial charge in [0.2, 0.25) is 10.0 Å². The molecule has 1 saturated carbocycles. The van der Waals surface area contributed by atoms with Gasteiger partial charge in [0, 0.05) is 18.8 Å². The molecule has 0 bridgehead atoms. The fourth-order valence-electron chi connectivity index (χ4n) is 4.12. The highest BCUT2D eigenvalue weighted by atomic mass is 32.2. The number of hydrogen-bond acceptors (Lipinski definition) is 4. The van der Waals surface area contributed by atoms with Gasteiger partial charge in [0.25, 0.3) is 5.91 Å². The molecule has 1 heterocycles. The summed E-state index contributed by atoms with van der Waals surface area (Å²) in [5, 5.41) is 7.25. The van der Waals surface area contributed by atoms with Crippen molar-refractivity contribution in [1.29, 1.82) is 0 Å². The third kappa shape index (κ3) is 3.84. The Morgan fingerprint density at radius 3 is 2.71 bits per heavy atom. The third-order valence-electron chi connectivity index (χ3n) is 5.69. The second kappa shape index (κ2) is 7.67. The molecule has 8 heteroatoms. The molecule has 7 nitrogen and oxygen atoms in total. The van der Waals surface area contributed by atoms with Gasteiger partial charge in [-0.3, -0.25) is 9.48 Å². The van der Waals surface area contributed by atoms with Crippen molar-refractivity contribution in [3.63, 3.8) is 0 Å². The molecule has 1 fully saturated rings. The maximum absolute atomic E-state index is 12.8. The number of nitrogens with one attached hydrogen (secondary N) is 2. The van der Waals surface area contributed by atoms with E-state index in [-0.39, 0.29) is 22.9 Å². The average Bonchev–Trinajstić information content (AvgIpc) is 3.42. The minimum Gasteiger partial charge on any atom is -0.344 e. The van der Waals surface area contributed by atoms with Gasteiger partial charge in [-0.05, 0) is 61.9 Å². The van der Waals surface area contributed by atoms with Crippen LogP contribution in [0.5, 0.6) is 0 Å². The van der Waals surface area contributed by atoms with Gasteiger partial charge in [0.05, 0.1) is 10.9 Å². The quantitative estimate of drug-likeness (QED) is 0.777. The second-order valence-corrected chi connectivity index (χ2v) is 9.30. The number of sulfonamides is 1. The molecule has 2 N–H and O–H groups in total. The number of aryl methyl sites for hydroxylation is 2. The molecule has 0 spiro atoms. The molecule has 150 valence electrons. The van der Waals surface area contributed by atoms with Crippen LogP contribution in [0.1, 0.15) is 66.7 Å². The summed E-state index contributed by atoms with van der Waals surface area (Å²) in [5.74, 6) is -0.234. The smallest absolute Gasteiger partial charge is 0.272 e. The van der Waals surface area contributed by atoms with Crippen LogP contribution in [0.3, 0.4) is 0 Å². The summed E-state index contributed by atoms with van der Waals surface area (Å²) < 4.78 is 30.1. The molecular weight excluding hydrogens is 376 g/mol. The first kappa shape index (κ1) is 19.1. The minimum atomic E-state index is -3.55. The van der Waals surface area contributed by atoms with E-state index in [1.54, 1.807) is 29.1 Å². The Bertz CT molecular complexity index is 977. The van der Waals surface area contributed by atoms with Crippen molar-refractivity contribution >= 4 is 15.9 Å². The molecule has 1 amide bonds. The number of carbonyl (C=O) groups is 1. The first-order valence-electron chi connectivity index (χ1n) is 9.96. The van der Waals surface area contributed by atoms with E-state index >= 15 is 0 Å². The van der Waals surface area contributed by atoms with E-state index in [4.69, 9.17) is 0 Å². The molecule has 0 radical (unpaired) electrons. The molecule has 4 rings (SSSR count). The average molecular weight is 403 g/mol. The summed E-state index contributed by atoms with van der Waals surface area (Å²) in [6.45, 7) is 2.66. The molecule has 2 aromatic rings. The number of benzene rings is 1. The van der Waals surface area contributed by atoms with Gasteiger partial charge in [-0.1, -0.05) is 18.9 Å². The molecule has 1 aromatic carbocycles. The lowest BCUT2D eigenvalue weighted by Crippen LogP contribution is -2.33. The number of rotatable bonds is 6. The van der Waals surface area contributed by atoms with Crippen molar-refractivity contribution in [3.05, 3.63) is 47.3 Å². The zero-order chi connectivity index (χ0) is 19.7. The molecule has 0 saturated heterocycles. The Morgan fingerprint density at radius 1 is 1.21 bits per heavy atom. The van der Waals surface area contributed by atoms with Crippen molar-refractivity contribution in [3.8, 4) is 0 Å². The zero-order valence-corrected chi connectivity index (χ0v) is 16.8. The summed E-state index contributed by atoms with van der Waals surface area (Å²) in [5.41, 5.74) is 2.35. The third-order valence-corrected chi connectivity index (χ3v) is 7.20. The van der Waals surface area contributed by atoms with Gasteiger partial charge in [-0.25, -0.2) is 13.1 Å². The topological polar surface area (TPSA) is 93.1 Å². The van der Waals surface area contributed by atoms with Gasteiger partial charge >= 0.3 is 0 Å². The van der Waals surface area contributed by atoms with E-state index in [0.29, 0.717) is 12.2 Å². The highest BCUT2D eigenvalue weighted by Crippen LogP contribution is 2.33. The maximum atomic E-state index is 12.8. The molecule has 1 unspecified atom stereocenters. The summed E-state index contributed by atoms with van der Waals surface area (Å²) in [6.07, 6.45) is 7.28. The number of aromatic nitrogens is 2. The lowest BCUT2D eigenvalue weighted by atomic mass is 10.1. The van der Waals surface area contributed by atoms with E-state index in [2.05, 4.69) is 15.1 Å². The second-order valence-electron chi connectivity index (χ2n) is 7.58. The van der Waals surface area contributed by atoms with Gasteiger partial charge < -0.3 is 5.32 Å². The number of carbonyl (C=O) groups excluding carboxylic acids is 1. The number of amides is 1. The fraction of sp³-hybridized carbons (Fsp3) is 0.500. The van der Waals surface area contributed by atoms with Gasteiger partial charge in [0.15, 0.2) is 0 Å². The highest BCUT2D eigenvalue weighted by molar-refractivity contribution is 7.89. The number of fused-ring (bicyclic) bond motifs is 1. The molecule has 2 aliphatic carbocycles. The summed E-state index contributed by atoms with van der Waals surface area (Å²) in [4.78, 5) is 12.8. The van der Waals surface area contributed by atoms with Crippen LogP contribution in [0.2, 0.25) is 0 Å². The van der Waals surface area contributed by atoms with Crippen molar-refractivity contribution in [2.75, 3.05) is 0 Å². The molecule has 1 aromatic heterocycles. The molecule has 2 aliphatic rings. The predicted octanol–water partition coefficient (Wildman–Crippen LogP) is 2.54. The van der Waals surface area contributed by atoms with Crippen LogP contribution in [0, 0.1) is 0 Å². The van der Waals surface area contributed by atoms with Crippen LogP contribution in [-0.4, -0.2) is 30.1 Å². The van der Waals surface area contributed by atoms with Crippen molar-refractivity contribution < 1.29 is 13.2 Å². The highest BCUT2D eigenvalue weighted by Gasteiger charge is 2.28. The van der Waals surface area contributed by atoms with Gasteiger partial charge in [-0.15, -0.1) is 0 Å². The molecular formula is C20H26N4O3S. The Hall–Kier alpha value is -2.19. The Labute approximate surface area is 165 Å². The first-order chi connectivity index (χ1) is 13.5. The normalized spacial score (nSPS) is 19.7.